The van der Waals surface area contributed by atoms with Gasteiger partial charge in [0.2, 0.25) is 0 Å². The van der Waals surface area contributed by atoms with E-state index in [0.717, 1.165) is 37.4 Å². The molecule has 0 bridgehead atoms. The lowest BCUT2D eigenvalue weighted by Crippen LogP contribution is -2.44. The van der Waals surface area contributed by atoms with Gasteiger partial charge in [-0.25, -0.2) is 4.39 Å². The molecular weight excluding hydrogens is 550 g/mol. The van der Waals surface area contributed by atoms with Crippen LogP contribution in [0.5, 0.6) is 5.75 Å². The zero-order valence-corrected chi connectivity index (χ0v) is 21.6. The Bertz CT molecular complexity index is 1270. The smallest absolute Gasteiger partial charge is 0.267 e. The maximum absolute atomic E-state index is 13.7. The van der Waals surface area contributed by atoms with Gasteiger partial charge in [0.15, 0.2) is 28.8 Å². The number of hydrogen-bond acceptors (Lipinski definition) is 5. The van der Waals surface area contributed by atoms with Gasteiger partial charge in [-0.05, 0) is 49.4 Å². The second kappa shape index (κ2) is 10.3. The van der Waals surface area contributed by atoms with Crippen LogP contribution in [0.1, 0.15) is 24.2 Å². The number of hydrogen-bond donors (Lipinski definition) is 1. The third-order valence-electron chi connectivity index (χ3n) is 6.01. The molecule has 9 heteroatoms. The first-order valence-electron chi connectivity index (χ1n) is 11.3. The van der Waals surface area contributed by atoms with Crippen LogP contribution in [0.3, 0.4) is 0 Å². The molecule has 2 aromatic carbocycles. The molecule has 0 atom stereocenters. The third-order valence-corrected chi connectivity index (χ3v) is 6.45. The number of likely N-dealkylation sites (N-methyl/N-ethyl adjacent to an activating group) is 1. The molecule has 0 spiro atoms. The summed E-state index contributed by atoms with van der Waals surface area (Å²) in [7, 11) is 2.11. The fourth-order valence-electron chi connectivity index (χ4n) is 4.26. The number of halogens is 2. The van der Waals surface area contributed by atoms with Crippen molar-refractivity contribution in [2.45, 2.75) is 20.4 Å². The highest BCUT2D eigenvalue weighted by molar-refractivity contribution is 14.1. The van der Waals surface area contributed by atoms with Crippen molar-refractivity contribution in [2.75, 3.05) is 43.4 Å². The van der Waals surface area contributed by atoms with Crippen LogP contribution in [0.15, 0.2) is 47.3 Å². The van der Waals surface area contributed by atoms with Crippen molar-refractivity contribution < 1.29 is 12.3 Å². The number of nitrogens with zero attached hydrogens (tertiary/aromatic N) is 3. The van der Waals surface area contributed by atoms with Crippen LogP contribution < -0.4 is 18.8 Å². The zero-order chi connectivity index (χ0) is 24.4. The number of aromatic nitrogens is 1. The molecule has 0 radical (unpaired) electrons. The van der Waals surface area contributed by atoms with Crippen LogP contribution in [0.25, 0.3) is 10.9 Å². The Labute approximate surface area is 212 Å². The van der Waals surface area contributed by atoms with Gasteiger partial charge < -0.3 is 22.8 Å². The summed E-state index contributed by atoms with van der Waals surface area (Å²) in [6.07, 6.45) is 0. The number of amides is 1. The fraction of sp³-hybridized carbons (Fsp3) is 0.360. The molecule has 1 fully saturated rings. The first kappa shape index (κ1) is 24.5. The summed E-state index contributed by atoms with van der Waals surface area (Å²) in [6, 6.07) is 11.5. The molecule has 1 aliphatic rings. The lowest BCUT2D eigenvalue weighted by Gasteiger charge is -2.34. The molecule has 180 valence electrons. The largest absolute Gasteiger partial charge is 0.426 e. The predicted molar refractivity (Wildman–Crippen MR) is 142 cm³/mol. The molecule has 1 amide bonds. The van der Waals surface area contributed by atoms with Gasteiger partial charge in [0.25, 0.3) is 11.5 Å². The van der Waals surface area contributed by atoms with Crippen LogP contribution in [0.2, 0.25) is 0 Å². The molecule has 3 aromatic rings. The number of pyridine rings is 1. The number of rotatable bonds is 6. The number of carbonyl (C=O) groups excluding carboxylic acids is 1. The van der Waals surface area contributed by atoms with E-state index >= 15 is 0 Å². The Kier molecular flexibility index (Phi) is 7.42. The average molecular weight is 578 g/mol. The standard InChI is InChI=1S/C25H28FIN4O3/c1-16(2)15-31-21-14-19(30-11-9-29(3)10-12-30)7-8-20(21)23(34-27)22(25(31)33)24(32)28-18-6-4-5-17(26)13-18/h4-8,13-14,16H,9-12,15H2,1-3H3,(H,28,32). The van der Waals surface area contributed by atoms with Crippen LogP contribution in [-0.2, 0) is 6.54 Å². The van der Waals surface area contributed by atoms with E-state index in [-0.39, 0.29) is 22.9 Å². The van der Waals surface area contributed by atoms with Crippen molar-refractivity contribution in [1.82, 2.24) is 9.47 Å². The van der Waals surface area contributed by atoms with E-state index in [9.17, 15) is 14.0 Å². The van der Waals surface area contributed by atoms with Crippen molar-refractivity contribution in [1.29, 1.82) is 0 Å². The fourth-order valence-corrected chi connectivity index (χ4v) is 4.72. The summed E-state index contributed by atoms with van der Waals surface area (Å²) in [6.45, 7) is 8.25. The Morgan fingerprint density at radius 2 is 1.88 bits per heavy atom. The second-order valence-electron chi connectivity index (χ2n) is 9.05. The quantitative estimate of drug-likeness (QED) is 0.436. The second-order valence-corrected chi connectivity index (χ2v) is 9.49. The monoisotopic (exact) mass is 578 g/mol. The topological polar surface area (TPSA) is 66.8 Å². The normalized spacial score (nSPS) is 14.6. The van der Waals surface area contributed by atoms with E-state index in [4.69, 9.17) is 3.07 Å². The Morgan fingerprint density at radius 3 is 2.53 bits per heavy atom. The number of anilines is 2. The Morgan fingerprint density at radius 1 is 1.15 bits per heavy atom. The van der Waals surface area contributed by atoms with Crippen molar-refractivity contribution >= 4 is 51.2 Å². The maximum atomic E-state index is 13.7. The van der Waals surface area contributed by atoms with Gasteiger partial charge in [0.1, 0.15) is 11.4 Å². The molecule has 7 nitrogen and oxygen atoms in total. The SMILES string of the molecule is CC(C)Cn1c(=O)c(C(=O)Nc2cccc(F)c2)c(OI)c2ccc(N3CCN(C)CC3)cc21. The van der Waals surface area contributed by atoms with E-state index in [1.54, 1.807) is 33.6 Å². The van der Waals surface area contributed by atoms with E-state index < -0.39 is 17.3 Å². The first-order valence-corrected chi connectivity index (χ1v) is 12.2. The summed E-state index contributed by atoms with van der Waals surface area (Å²) in [4.78, 5) is 31.5. The van der Waals surface area contributed by atoms with E-state index in [0.29, 0.717) is 11.9 Å². The van der Waals surface area contributed by atoms with Crippen molar-refractivity contribution in [3.8, 4) is 5.75 Å². The minimum Gasteiger partial charge on any atom is -0.426 e. The molecule has 1 aliphatic heterocycles. The van der Waals surface area contributed by atoms with Crippen molar-refractivity contribution in [3.63, 3.8) is 0 Å². The number of fused-ring (bicyclic) bond motifs is 1. The molecule has 2 heterocycles. The molecule has 1 aromatic heterocycles. The van der Waals surface area contributed by atoms with Gasteiger partial charge in [0, 0.05) is 49.5 Å². The predicted octanol–water partition coefficient (Wildman–Crippen LogP) is 4.53. The lowest BCUT2D eigenvalue weighted by atomic mass is 10.1. The van der Waals surface area contributed by atoms with Gasteiger partial charge in [-0.3, -0.25) is 9.59 Å². The molecule has 34 heavy (non-hydrogen) atoms. The van der Waals surface area contributed by atoms with Gasteiger partial charge in [0.05, 0.1) is 5.52 Å². The highest BCUT2D eigenvalue weighted by Gasteiger charge is 2.25. The summed E-state index contributed by atoms with van der Waals surface area (Å²) >= 11 is 1.70. The lowest BCUT2D eigenvalue weighted by molar-refractivity contribution is 0.102. The molecule has 4 rings (SSSR count). The van der Waals surface area contributed by atoms with E-state index in [1.807, 2.05) is 32.0 Å². The van der Waals surface area contributed by atoms with Gasteiger partial charge >= 0.3 is 0 Å². The number of benzene rings is 2. The Hall–Kier alpha value is -2.66. The van der Waals surface area contributed by atoms with E-state index in [1.165, 1.54) is 18.2 Å². The summed E-state index contributed by atoms with van der Waals surface area (Å²) < 4.78 is 20.9. The Balaban J connectivity index is 1.84. The number of piperazine rings is 1. The van der Waals surface area contributed by atoms with Crippen LogP contribution >= 0.6 is 23.0 Å². The van der Waals surface area contributed by atoms with Crippen molar-refractivity contribution in [3.05, 3.63) is 64.2 Å². The minimum atomic E-state index is -0.634. The highest BCUT2D eigenvalue weighted by Crippen LogP contribution is 2.33. The maximum Gasteiger partial charge on any atom is 0.267 e. The molecule has 0 unspecified atom stereocenters. The molecule has 0 aliphatic carbocycles. The van der Waals surface area contributed by atoms with Gasteiger partial charge in [-0.1, -0.05) is 19.9 Å². The average Bonchev–Trinajstić information content (AvgIpc) is 2.80. The third kappa shape index (κ3) is 5.05. The molecule has 0 saturated carbocycles. The van der Waals surface area contributed by atoms with Gasteiger partial charge in [-0.2, -0.15) is 0 Å². The van der Waals surface area contributed by atoms with Crippen molar-refractivity contribution in [2.24, 2.45) is 5.92 Å². The summed E-state index contributed by atoms with van der Waals surface area (Å²) in [5.74, 6) is -0.724. The molecule has 1 saturated heterocycles. The molecule has 1 N–H and O–H groups in total. The van der Waals surface area contributed by atoms with E-state index in [2.05, 4.69) is 22.2 Å². The number of nitrogens with one attached hydrogen (secondary N) is 1. The first-order chi connectivity index (χ1) is 16.3. The number of carbonyl (C=O) groups is 1. The molecular formula is C25H28FIN4O3. The summed E-state index contributed by atoms with van der Waals surface area (Å²) in [5.41, 5.74) is 1.50. The zero-order valence-electron chi connectivity index (χ0n) is 19.5. The van der Waals surface area contributed by atoms with Gasteiger partial charge in [-0.15, -0.1) is 0 Å². The summed E-state index contributed by atoms with van der Waals surface area (Å²) in [5, 5.41) is 3.32. The minimum absolute atomic E-state index is 0.0980. The highest BCUT2D eigenvalue weighted by atomic mass is 127. The van der Waals surface area contributed by atoms with Crippen LogP contribution in [-0.4, -0.2) is 48.6 Å². The van der Waals surface area contributed by atoms with Crippen LogP contribution in [0.4, 0.5) is 15.8 Å². The van der Waals surface area contributed by atoms with Crippen LogP contribution in [0, 0.1) is 11.7 Å².